The van der Waals surface area contributed by atoms with Crippen LogP contribution < -0.4 is 10.6 Å². The van der Waals surface area contributed by atoms with Gasteiger partial charge in [0.1, 0.15) is 12.4 Å². The molecule has 5 nitrogen and oxygen atoms in total. The second-order valence-electron chi connectivity index (χ2n) is 5.82. The van der Waals surface area contributed by atoms with Gasteiger partial charge < -0.3 is 15.5 Å². The number of hydrogen-bond acceptors (Lipinski definition) is 3. The lowest BCUT2D eigenvalue weighted by Gasteiger charge is -2.13. The van der Waals surface area contributed by atoms with Crippen molar-refractivity contribution in [2.75, 3.05) is 39.5 Å². The Morgan fingerprint density at radius 3 is 2.40 bits per heavy atom. The molecule has 1 aromatic rings. The fourth-order valence-corrected chi connectivity index (χ4v) is 2.70. The van der Waals surface area contributed by atoms with E-state index >= 15 is 0 Å². The van der Waals surface area contributed by atoms with E-state index in [4.69, 9.17) is 0 Å². The molecule has 0 radical (unpaired) electrons. The van der Waals surface area contributed by atoms with Crippen molar-refractivity contribution in [3.05, 3.63) is 30.1 Å². The van der Waals surface area contributed by atoms with Crippen molar-refractivity contribution in [2.24, 2.45) is 4.99 Å². The average molecular weight is 369 g/mol. The summed E-state index contributed by atoms with van der Waals surface area (Å²) in [5.74, 6) is 1.37. The maximum atomic E-state index is 12.9. The molecule has 0 saturated carbocycles. The molecule has 1 rings (SSSR count). The Morgan fingerprint density at radius 1 is 1.16 bits per heavy atom. The number of halogens is 1. The second kappa shape index (κ2) is 12.6. The molecule has 0 heterocycles. The Hall–Kier alpha value is -1.76. The standard InChI is InChI=1S/C18H29FN4OS/c1-4-5-11-20-18(22-14-17(24)23(2)3)21-12-6-13-25-16-9-7-15(19)8-10-16/h7-10H,4-6,11-14H2,1-3H3,(H2,20,21,22). The molecule has 0 aliphatic rings. The van der Waals surface area contributed by atoms with Crippen LogP contribution in [0.4, 0.5) is 4.39 Å². The minimum absolute atomic E-state index is 0.0246. The van der Waals surface area contributed by atoms with Crippen molar-refractivity contribution in [1.82, 2.24) is 15.5 Å². The topological polar surface area (TPSA) is 56.7 Å². The summed E-state index contributed by atoms with van der Waals surface area (Å²) in [6.07, 6.45) is 3.10. The highest BCUT2D eigenvalue weighted by atomic mass is 32.2. The highest BCUT2D eigenvalue weighted by Gasteiger charge is 2.04. The summed E-state index contributed by atoms with van der Waals surface area (Å²) in [5.41, 5.74) is 0. The van der Waals surface area contributed by atoms with Gasteiger partial charge in [-0.1, -0.05) is 13.3 Å². The fourth-order valence-electron chi connectivity index (χ4n) is 1.85. The molecule has 0 fully saturated rings. The zero-order chi connectivity index (χ0) is 18.5. The van der Waals surface area contributed by atoms with Gasteiger partial charge >= 0.3 is 0 Å². The predicted molar refractivity (Wildman–Crippen MR) is 104 cm³/mol. The monoisotopic (exact) mass is 368 g/mol. The van der Waals surface area contributed by atoms with E-state index in [0.717, 1.165) is 43.0 Å². The molecule has 25 heavy (non-hydrogen) atoms. The third-order valence-electron chi connectivity index (χ3n) is 3.39. The number of rotatable bonds is 10. The van der Waals surface area contributed by atoms with E-state index in [0.29, 0.717) is 5.96 Å². The van der Waals surface area contributed by atoms with Crippen molar-refractivity contribution in [3.8, 4) is 0 Å². The number of carbonyl (C=O) groups excluding carboxylic acids is 1. The maximum Gasteiger partial charge on any atom is 0.243 e. The molecule has 0 saturated heterocycles. The molecular weight excluding hydrogens is 339 g/mol. The minimum atomic E-state index is -0.211. The molecule has 1 amide bonds. The molecule has 0 aromatic heterocycles. The molecule has 0 spiro atoms. The zero-order valence-electron chi connectivity index (χ0n) is 15.3. The molecule has 0 bridgehead atoms. The smallest absolute Gasteiger partial charge is 0.243 e. The van der Waals surface area contributed by atoms with E-state index in [1.807, 2.05) is 0 Å². The summed E-state index contributed by atoms with van der Waals surface area (Å²) >= 11 is 1.70. The fraction of sp³-hybridized carbons (Fsp3) is 0.556. The van der Waals surface area contributed by atoms with Crippen molar-refractivity contribution in [3.63, 3.8) is 0 Å². The summed E-state index contributed by atoms with van der Waals surface area (Å²) in [6, 6.07) is 6.54. The number of amides is 1. The molecule has 0 unspecified atom stereocenters. The lowest BCUT2D eigenvalue weighted by atomic mass is 10.3. The van der Waals surface area contributed by atoms with E-state index in [1.54, 1.807) is 38.0 Å². The van der Waals surface area contributed by atoms with Crippen LogP contribution in [-0.4, -0.2) is 56.2 Å². The molecule has 140 valence electrons. The number of thioether (sulfide) groups is 1. The van der Waals surface area contributed by atoms with Gasteiger partial charge in [-0.05, 0) is 42.9 Å². The van der Waals surface area contributed by atoms with E-state index in [2.05, 4.69) is 22.5 Å². The van der Waals surface area contributed by atoms with E-state index in [-0.39, 0.29) is 18.3 Å². The van der Waals surface area contributed by atoms with Gasteiger partial charge in [0.05, 0.1) is 0 Å². The lowest BCUT2D eigenvalue weighted by molar-refractivity contribution is -0.127. The number of aliphatic imine (C=N–C) groups is 1. The van der Waals surface area contributed by atoms with Crippen LogP contribution in [0.5, 0.6) is 0 Å². The van der Waals surface area contributed by atoms with E-state index < -0.39 is 0 Å². The maximum absolute atomic E-state index is 12.9. The van der Waals surface area contributed by atoms with Crippen molar-refractivity contribution < 1.29 is 9.18 Å². The summed E-state index contributed by atoms with van der Waals surface area (Å²) in [5, 5.41) is 6.51. The first-order valence-electron chi connectivity index (χ1n) is 8.63. The summed E-state index contributed by atoms with van der Waals surface area (Å²) in [4.78, 5) is 18.6. The summed E-state index contributed by atoms with van der Waals surface area (Å²) in [6.45, 7) is 3.87. The lowest BCUT2D eigenvalue weighted by Crippen LogP contribution is -2.39. The van der Waals surface area contributed by atoms with E-state index in [1.165, 1.54) is 17.0 Å². The first-order valence-corrected chi connectivity index (χ1v) is 9.62. The second-order valence-corrected chi connectivity index (χ2v) is 6.98. The number of benzene rings is 1. The molecule has 0 aliphatic heterocycles. The van der Waals surface area contributed by atoms with Crippen LogP contribution in [0.25, 0.3) is 0 Å². The highest BCUT2D eigenvalue weighted by molar-refractivity contribution is 7.99. The Bertz CT molecular complexity index is 534. The Labute approximate surface area is 154 Å². The predicted octanol–water partition coefficient (Wildman–Crippen LogP) is 2.73. The molecule has 0 atom stereocenters. The number of guanidine groups is 1. The van der Waals surface area contributed by atoms with Crippen LogP contribution in [0, 0.1) is 5.82 Å². The largest absolute Gasteiger partial charge is 0.356 e. The zero-order valence-corrected chi connectivity index (χ0v) is 16.2. The summed E-state index contributed by atoms with van der Waals surface area (Å²) in [7, 11) is 3.45. The first-order chi connectivity index (χ1) is 12.0. The molecule has 7 heteroatoms. The quantitative estimate of drug-likeness (QED) is 0.289. The minimum Gasteiger partial charge on any atom is -0.356 e. The van der Waals surface area contributed by atoms with Crippen LogP contribution >= 0.6 is 11.8 Å². The van der Waals surface area contributed by atoms with Gasteiger partial charge in [0.15, 0.2) is 5.96 Å². The Kier molecular flexibility index (Phi) is 10.7. The van der Waals surface area contributed by atoms with E-state index in [9.17, 15) is 9.18 Å². The van der Waals surface area contributed by atoms with Gasteiger partial charge in [-0.15, -0.1) is 11.8 Å². The van der Waals surface area contributed by atoms with Gasteiger partial charge in [0.25, 0.3) is 0 Å². The number of nitrogens with zero attached hydrogens (tertiary/aromatic N) is 2. The number of hydrogen-bond donors (Lipinski definition) is 2. The number of unbranched alkanes of at least 4 members (excludes halogenated alkanes) is 1. The molecule has 2 N–H and O–H groups in total. The van der Waals surface area contributed by atoms with Gasteiger partial charge in [-0.3, -0.25) is 4.79 Å². The van der Waals surface area contributed by atoms with Crippen LogP contribution in [0.15, 0.2) is 34.2 Å². The van der Waals surface area contributed by atoms with Crippen LogP contribution in [0.3, 0.4) is 0 Å². The van der Waals surface area contributed by atoms with Crippen LogP contribution in [-0.2, 0) is 4.79 Å². The van der Waals surface area contributed by atoms with Crippen LogP contribution in [0.2, 0.25) is 0 Å². The highest BCUT2D eigenvalue weighted by Crippen LogP contribution is 2.18. The number of carbonyl (C=O) groups is 1. The summed E-state index contributed by atoms with van der Waals surface area (Å²) < 4.78 is 12.9. The average Bonchev–Trinajstić information content (AvgIpc) is 2.60. The number of nitrogens with one attached hydrogen (secondary N) is 2. The van der Waals surface area contributed by atoms with Crippen molar-refractivity contribution >= 4 is 23.6 Å². The normalized spacial score (nSPS) is 11.3. The Morgan fingerprint density at radius 2 is 1.80 bits per heavy atom. The van der Waals surface area contributed by atoms with Gasteiger partial charge in [-0.25, -0.2) is 9.38 Å². The molecule has 0 aliphatic carbocycles. The van der Waals surface area contributed by atoms with Gasteiger partial charge in [0.2, 0.25) is 5.91 Å². The molecular formula is C18H29FN4OS. The van der Waals surface area contributed by atoms with Crippen LogP contribution in [0.1, 0.15) is 26.2 Å². The van der Waals surface area contributed by atoms with Gasteiger partial charge in [-0.2, -0.15) is 0 Å². The molecule has 1 aromatic carbocycles. The SMILES string of the molecule is CCCCNC(=NCC(=O)N(C)C)NCCCSc1ccc(F)cc1. The van der Waals surface area contributed by atoms with Crippen molar-refractivity contribution in [2.45, 2.75) is 31.1 Å². The van der Waals surface area contributed by atoms with Crippen molar-refractivity contribution in [1.29, 1.82) is 0 Å². The Balaban J connectivity index is 2.33. The van der Waals surface area contributed by atoms with Gasteiger partial charge in [0, 0.05) is 32.1 Å². The first kappa shape index (κ1) is 21.3. The third-order valence-corrected chi connectivity index (χ3v) is 4.49. The third kappa shape index (κ3) is 9.96. The number of likely N-dealkylation sites (N-methyl/N-ethyl adjacent to an activating group) is 1.